The van der Waals surface area contributed by atoms with E-state index in [4.69, 9.17) is 0 Å². The van der Waals surface area contributed by atoms with E-state index in [9.17, 15) is 5.11 Å². The minimum atomic E-state index is -0.732. The topological polar surface area (TPSA) is 65.0 Å². The van der Waals surface area contributed by atoms with Crippen molar-refractivity contribution >= 4 is 16.9 Å². The van der Waals surface area contributed by atoms with E-state index in [0.717, 1.165) is 23.4 Å². The molecule has 0 bridgehead atoms. The first-order valence-electron chi connectivity index (χ1n) is 8.33. The molecule has 0 spiro atoms. The summed E-state index contributed by atoms with van der Waals surface area (Å²) in [5.41, 5.74) is 0.138. The molecule has 5 nitrogen and oxygen atoms in total. The molecule has 5 heteroatoms. The van der Waals surface area contributed by atoms with Gasteiger partial charge in [0.15, 0.2) is 0 Å². The number of aliphatic hydroxyl groups is 1. The largest absolute Gasteiger partial charge is 0.388 e. The zero-order valence-electron chi connectivity index (χ0n) is 13.3. The summed E-state index contributed by atoms with van der Waals surface area (Å²) < 4.78 is 0. The Kier molecular flexibility index (Phi) is 3.15. The summed E-state index contributed by atoms with van der Waals surface area (Å²) in [6, 6.07) is 2.17. The first-order valence-corrected chi connectivity index (χ1v) is 8.33. The molecule has 2 aromatic heterocycles. The van der Waals surface area contributed by atoms with Gasteiger partial charge in [-0.15, -0.1) is 0 Å². The molecule has 3 atom stereocenters. The number of fused-ring (bicyclic) bond motifs is 2. The summed E-state index contributed by atoms with van der Waals surface area (Å²) in [4.78, 5) is 14.4. The lowest BCUT2D eigenvalue weighted by atomic mass is 9.74. The van der Waals surface area contributed by atoms with E-state index < -0.39 is 5.60 Å². The van der Waals surface area contributed by atoms with Crippen molar-refractivity contribution in [3.05, 3.63) is 18.6 Å². The van der Waals surface area contributed by atoms with Gasteiger partial charge in [-0.3, -0.25) is 0 Å². The van der Waals surface area contributed by atoms with E-state index in [0.29, 0.717) is 11.8 Å². The summed E-state index contributed by atoms with van der Waals surface area (Å²) in [5.74, 6) is 2.21. The Balaban J connectivity index is 1.80. The van der Waals surface area contributed by atoms with Gasteiger partial charge >= 0.3 is 0 Å². The highest BCUT2D eigenvalue weighted by atomic mass is 16.3. The van der Waals surface area contributed by atoms with E-state index in [1.54, 1.807) is 6.33 Å². The Bertz CT molecular complexity index is 675. The lowest BCUT2D eigenvalue weighted by molar-refractivity contribution is 0.0270. The number of hydrogen-bond donors (Lipinski definition) is 2. The molecule has 0 amide bonds. The van der Waals surface area contributed by atoms with Crippen molar-refractivity contribution in [3.63, 3.8) is 0 Å². The number of rotatable bonds is 2. The molecule has 0 radical (unpaired) electrons. The molecule has 0 aromatic carbocycles. The number of aromatic nitrogens is 3. The minimum Gasteiger partial charge on any atom is -0.388 e. The van der Waals surface area contributed by atoms with Crippen LogP contribution in [0.2, 0.25) is 0 Å². The Labute approximate surface area is 130 Å². The summed E-state index contributed by atoms with van der Waals surface area (Å²) in [6.45, 7) is 4.88. The first-order chi connectivity index (χ1) is 10.6. The van der Waals surface area contributed by atoms with E-state index in [2.05, 4.69) is 19.9 Å². The number of anilines is 1. The van der Waals surface area contributed by atoms with Crippen molar-refractivity contribution in [2.24, 2.45) is 11.8 Å². The molecule has 118 valence electrons. The van der Waals surface area contributed by atoms with E-state index in [1.165, 1.54) is 25.7 Å². The smallest absolute Gasteiger partial charge is 0.142 e. The summed E-state index contributed by atoms with van der Waals surface area (Å²) in [7, 11) is 0. The predicted molar refractivity (Wildman–Crippen MR) is 86.8 cm³/mol. The minimum absolute atomic E-state index is 0.130. The van der Waals surface area contributed by atoms with Crippen molar-refractivity contribution in [2.75, 3.05) is 11.4 Å². The average molecular weight is 300 g/mol. The molecule has 0 unspecified atom stereocenters. The van der Waals surface area contributed by atoms with E-state index >= 15 is 0 Å². The number of nitrogens with zero attached hydrogens (tertiary/aromatic N) is 3. The molecule has 2 aromatic rings. The second-order valence-electron chi connectivity index (χ2n) is 7.40. The summed E-state index contributed by atoms with van der Waals surface area (Å²) in [6.07, 6.45) is 8.62. The second kappa shape index (κ2) is 4.95. The number of aromatic amines is 1. The average Bonchev–Trinajstić information content (AvgIpc) is 3.10. The molecule has 2 fully saturated rings. The number of nitrogens with one attached hydrogen (secondary N) is 1. The fourth-order valence-electron chi connectivity index (χ4n) is 4.69. The SMILES string of the molecule is CC(C)(O)[C@@H]1[C@H]2CCCC[C@H]2CN1c1ncnc2[nH]ccc12. The van der Waals surface area contributed by atoms with E-state index in [1.807, 2.05) is 26.1 Å². The van der Waals surface area contributed by atoms with Crippen LogP contribution in [-0.2, 0) is 0 Å². The van der Waals surface area contributed by atoms with Gasteiger partial charge < -0.3 is 15.0 Å². The molecular formula is C17H24N4O. The van der Waals surface area contributed by atoms with Crippen molar-refractivity contribution in [1.29, 1.82) is 0 Å². The monoisotopic (exact) mass is 300 g/mol. The van der Waals surface area contributed by atoms with Crippen LogP contribution in [0.1, 0.15) is 39.5 Å². The lowest BCUT2D eigenvalue weighted by Gasteiger charge is -2.39. The van der Waals surface area contributed by atoms with Crippen molar-refractivity contribution < 1.29 is 5.11 Å². The zero-order chi connectivity index (χ0) is 15.3. The molecule has 1 saturated heterocycles. The highest BCUT2D eigenvalue weighted by molar-refractivity contribution is 5.87. The Morgan fingerprint density at radius 2 is 2.09 bits per heavy atom. The van der Waals surface area contributed by atoms with Crippen LogP contribution in [0.5, 0.6) is 0 Å². The highest BCUT2D eigenvalue weighted by Gasteiger charge is 2.49. The van der Waals surface area contributed by atoms with Gasteiger partial charge in [0.2, 0.25) is 0 Å². The summed E-state index contributed by atoms with van der Waals surface area (Å²) in [5, 5.41) is 11.9. The van der Waals surface area contributed by atoms with Crippen LogP contribution in [0.25, 0.3) is 11.0 Å². The van der Waals surface area contributed by atoms with Crippen LogP contribution in [-0.4, -0.2) is 38.2 Å². The van der Waals surface area contributed by atoms with Gasteiger partial charge in [0, 0.05) is 12.7 Å². The molecule has 1 saturated carbocycles. The molecule has 2 aliphatic rings. The third-order valence-electron chi connectivity index (χ3n) is 5.47. The molecule has 2 N–H and O–H groups in total. The normalized spacial score (nSPS) is 29.0. The van der Waals surface area contributed by atoms with Crippen LogP contribution >= 0.6 is 0 Å². The van der Waals surface area contributed by atoms with Crippen LogP contribution < -0.4 is 4.90 Å². The van der Waals surface area contributed by atoms with Gasteiger partial charge in [-0.05, 0) is 44.6 Å². The first kappa shape index (κ1) is 14.0. The van der Waals surface area contributed by atoms with Gasteiger partial charge in [0.1, 0.15) is 17.8 Å². The molecule has 4 rings (SSSR count). The van der Waals surface area contributed by atoms with Crippen molar-refractivity contribution in [1.82, 2.24) is 15.0 Å². The number of H-pyrrole nitrogens is 1. The maximum atomic E-state index is 10.8. The fraction of sp³-hybridized carbons (Fsp3) is 0.647. The van der Waals surface area contributed by atoms with Crippen LogP contribution in [0, 0.1) is 11.8 Å². The van der Waals surface area contributed by atoms with Gasteiger partial charge in [-0.1, -0.05) is 12.8 Å². The van der Waals surface area contributed by atoms with Crippen LogP contribution in [0.4, 0.5) is 5.82 Å². The quantitative estimate of drug-likeness (QED) is 0.895. The zero-order valence-corrected chi connectivity index (χ0v) is 13.3. The van der Waals surface area contributed by atoms with Gasteiger partial charge in [-0.25, -0.2) is 9.97 Å². The van der Waals surface area contributed by atoms with Gasteiger partial charge in [0.25, 0.3) is 0 Å². The Morgan fingerprint density at radius 1 is 1.27 bits per heavy atom. The number of hydrogen-bond acceptors (Lipinski definition) is 4. The maximum absolute atomic E-state index is 10.8. The summed E-state index contributed by atoms with van der Waals surface area (Å²) >= 11 is 0. The van der Waals surface area contributed by atoms with Gasteiger partial charge in [0.05, 0.1) is 17.0 Å². The molecular weight excluding hydrogens is 276 g/mol. The highest BCUT2D eigenvalue weighted by Crippen LogP contribution is 2.46. The molecule has 22 heavy (non-hydrogen) atoms. The second-order valence-corrected chi connectivity index (χ2v) is 7.40. The third-order valence-corrected chi connectivity index (χ3v) is 5.47. The molecule has 3 heterocycles. The fourth-order valence-corrected chi connectivity index (χ4v) is 4.69. The van der Waals surface area contributed by atoms with Crippen LogP contribution in [0.15, 0.2) is 18.6 Å². The van der Waals surface area contributed by atoms with Crippen LogP contribution in [0.3, 0.4) is 0 Å². The standard InChI is InChI=1S/C17H24N4O/c1-17(2,22)14-12-6-4-3-5-11(12)9-21(14)16-13-7-8-18-15(13)19-10-20-16/h7-8,10-12,14,22H,3-6,9H2,1-2H3,(H,18,19,20)/t11-,12-,14-/m0/s1. The predicted octanol–water partition coefficient (Wildman–Crippen LogP) is 2.72. The lowest BCUT2D eigenvalue weighted by Crippen LogP contribution is -2.49. The Hall–Kier alpha value is -1.62. The van der Waals surface area contributed by atoms with Crippen molar-refractivity contribution in [3.8, 4) is 0 Å². The maximum Gasteiger partial charge on any atom is 0.142 e. The molecule has 1 aliphatic heterocycles. The molecule has 1 aliphatic carbocycles. The Morgan fingerprint density at radius 3 is 2.91 bits per heavy atom. The van der Waals surface area contributed by atoms with E-state index in [-0.39, 0.29) is 6.04 Å². The van der Waals surface area contributed by atoms with Crippen molar-refractivity contribution in [2.45, 2.75) is 51.2 Å². The van der Waals surface area contributed by atoms with Gasteiger partial charge in [-0.2, -0.15) is 0 Å². The third kappa shape index (κ3) is 2.10.